The fraction of sp³-hybridized carbons (Fsp3) is 0.222. The van der Waals surface area contributed by atoms with E-state index in [9.17, 15) is 4.79 Å². The van der Waals surface area contributed by atoms with Crippen LogP contribution in [0.3, 0.4) is 0 Å². The summed E-state index contributed by atoms with van der Waals surface area (Å²) < 4.78 is 0. The van der Waals surface area contributed by atoms with Gasteiger partial charge in [-0.2, -0.15) is 0 Å². The predicted octanol–water partition coefficient (Wildman–Crippen LogP) is 3.37. The molecule has 1 rings (SSSR count). The van der Waals surface area contributed by atoms with Crippen molar-refractivity contribution in [2.24, 2.45) is 0 Å². The molecule has 0 spiro atoms. The minimum Gasteiger partial charge on any atom is -0.287 e. The largest absolute Gasteiger partial charge is 0.287 e. The van der Waals surface area contributed by atoms with E-state index in [0.717, 1.165) is 4.90 Å². The summed E-state index contributed by atoms with van der Waals surface area (Å²) in [6.07, 6.45) is 0.553. The first kappa shape index (κ1) is 9.62. The van der Waals surface area contributed by atoms with Gasteiger partial charge in [0, 0.05) is 16.3 Å². The molecule has 64 valence electrons. The Morgan fingerprint density at radius 3 is 2.92 bits per heavy atom. The van der Waals surface area contributed by atoms with Gasteiger partial charge in [0.15, 0.2) is 5.12 Å². The van der Waals surface area contributed by atoms with Crippen LogP contribution in [0.5, 0.6) is 0 Å². The summed E-state index contributed by atoms with van der Waals surface area (Å²) in [5, 5.41) is 0.834. The van der Waals surface area contributed by atoms with Crippen molar-refractivity contribution in [1.82, 2.24) is 0 Å². The normalized spacial score (nSPS) is 9.83. The number of hydrogen-bond donors (Lipinski definition) is 0. The van der Waals surface area contributed by atoms with Gasteiger partial charge in [-0.3, -0.25) is 4.79 Å². The van der Waals surface area contributed by atoms with Gasteiger partial charge in [-0.1, -0.05) is 36.4 Å². The SMILES string of the molecule is CCC(=O)Sc1cccc(Cl)c1. The van der Waals surface area contributed by atoms with E-state index in [1.54, 1.807) is 12.1 Å². The van der Waals surface area contributed by atoms with Crippen LogP contribution < -0.4 is 0 Å². The average molecular weight is 201 g/mol. The van der Waals surface area contributed by atoms with Gasteiger partial charge in [0.25, 0.3) is 0 Å². The number of rotatable bonds is 2. The van der Waals surface area contributed by atoms with E-state index in [-0.39, 0.29) is 5.12 Å². The molecule has 0 heterocycles. The molecular formula is C9H9ClOS. The third-order valence-corrected chi connectivity index (χ3v) is 2.56. The summed E-state index contributed by atoms with van der Waals surface area (Å²) in [5.74, 6) is 0. The lowest BCUT2D eigenvalue weighted by Gasteiger charge is -1.97. The summed E-state index contributed by atoms with van der Waals surface area (Å²) in [5.41, 5.74) is 0. The molecule has 3 heteroatoms. The summed E-state index contributed by atoms with van der Waals surface area (Å²) >= 11 is 6.98. The second-order valence-electron chi connectivity index (χ2n) is 2.28. The maximum Gasteiger partial charge on any atom is 0.193 e. The molecule has 0 fully saturated rings. The molecule has 1 aromatic rings. The number of thioether (sulfide) groups is 1. The number of carbonyl (C=O) groups excluding carboxylic acids is 1. The standard InChI is InChI=1S/C9H9ClOS/c1-2-9(11)12-8-5-3-4-7(10)6-8/h3-6H,2H2,1H3. The lowest BCUT2D eigenvalue weighted by molar-refractivity contribution is -0.110. The monoisotopic (exact) mass is 200 g/mol. The van der Waals surface area contributed by atoms with Crippen molar-refractivity contribution >= 4 is 28.5 Å². The molecule has 0 aliphatic rings. The van der Waals surface area contributed by atoms with E-state index in [0.29, 0.717) is 11.4 Å². The molecule has 0 amide bonds. The molecule has 0 radical (unpaired) electrons. The maximum absolute atomic E-state index is 11.0. The Morgan fingerprint density at radius 2 is 2.33 bits per heavy atom. The summed E-state index contributed by atoms with van der Waals surface area (Å²) in [4.78, 5) is 11.9. The quantitative estimate of drug-likeness (QED) is 0.681. The molecule has 0 aromatic heterocycles. The molecule has 12 heavy (non-hydrogen) atoms. The van der Waals surface area contributed by atoms with Gasteiger partial charge in [-0.25, -0.2) is 0 Å². The highest BCUT2D eigenvalue weighted by atomic mass is 35.5. The first-order valence-electron chi connectivity index (χ1n) is 3.68. The Bertz CT molecular complexity index is 286. The molecule has 0 unspecified atom stereocenters. The Balaban J connectivity index is 2.69. The first-order valence-corrected chi connectivity index (χ1v) is 4.88. The Hall–Kier alpha value is -0.470. The topological polar surface area (TPSA) is 17.1 Å². The maximum atomic E-state index is 11.0. The molecule has 0 N–H and O–H groups in total. The van der Waals surface area contributed by atoms with Gasteiger partial charge in [0.05, 0.1) is 0 Å². The van der Waals surface area contributed by atoms with Crippen LogP contribution >= 0.6 is 23.4 Å². The third kappa shape index (κ3) is 2.88. The van der Waals surface area contributed by atoms with Crippen LogP contribution in [0.1, 0.15) is 13.3 Å². The van der Waals surface area contributed by atoms with Crippen molar-refractivity contribution in [2.75, 3.05) is 0 Å². The van der Waals surface area contributed by atoms with E-state index in [2.05, 4.69) is 0 Å². The van der Waals surface area contributed by atoms with Gasteiger partial charge in [0.2, 0.25) is 0 Å². The second-order valence-corrected chi connectivity index (χ2v) is 3.85. The first-order chi connectivity index (χ1) is 5.72. The summed E-state index contributed by atoms with van der Waals surface area (Å²) in [6.45, 7) is 1.85. The third-order valence-electron chi connectivity index (χ3n) is 1.32. The van der Waals surface area contributed by atoms with Crippen molar-refractivity contribution < 1.29 is 4.79 Å². The zero-order valence-corrected chi connectivity index (χ0v) is 8.28. The van der Waals surface area contributed by atoms with Crippen LogP contribution in [-0.2, 0) is 4.79 Å². The minimum absolute atomic E-state index is 0.164. The second kappa shape index (κ2) is 4.53. The number of carbonyl (C=O) groups is 1. The number of benzene rings is 1. The average Bonchev–Trinajstić information content (AvgIpc) is 2.04. The molecule has 0 aliphatic carbocycles. The van der Waals surface area contributed by atoms with Crippen molar-refractivity contribution in [3.05, 3.63) is 29.3 Å². The van der Waals surface area contributed by atoms with Crippen molar-refractivity contribution in [1.29, 1.82) is 0 Å². The van der Waals surface area contributed by atoms with E-state index in [1.807, 2.05) is 19.1 Å². The van der Waals surface area contributed by atoms with Crippen LogP contribution in [0, 0.1) is 0 Å². The van der Waals surface area contributed by atoms with E-state index < -0.39 is 0 Å². The summed E-state index contributed by atoms with van der Waals surface area (Å²) in [6, 6.07) is 7.31. The molecule has 1 aromatic carbocycles. The molecule has 0 saturated heterocycles. The molecule has 0 atom stereocenters. The highest BCUT2D eigenvalue weighted by molar-refractivity contribution is 8.13. The minimum atomic E-state index is 0.164. The van der Waals surface area contributed by atoms with Crippen LogP contribution in [0.15, 0.2) is 29.2 Å². The molecule has 0 saturated carbocycles. The Morgan fingerprint density at radius 1 is 1.58 bits per heavy atom. The molecule has 0 bridgehead atoms. The van der Waals surface area contributed by atoms with Gasteiger partial charge in [-0.05, 0) is 18.2 Å². The van der Waals surface area contributed by atoms with E-state index in [4.69, 9.17) is 11.6 Å². The van der Waals surface area contributed by atoms with Gasteiger partial charge in [0.1, 0.15) is 0 Å². The highest BCUT2D eigenvalue weighted by Crippen LogP contribution is 2.22. The zero-order chi connectivity index (χ0) is 8.97. The number of hydrogen-bond acceptors (Lipinski definition) is 2. The fourth-order valence-electron chi connectivity index (χ4n) is 0.734. The van der Waals surface area contributed by atoms with Crippen LogP contribution in [0.4, 0.5) is 0 Å². The van der Waals surface area contributed by atoms with Crippen LogP contribution in [-0.4, -0.2) is 5.12 Å². The van der Waals surface area contributed by atoms with Gasteiger partial charge >= 0.3 is 0 Å². The van der Waals surface area contributed by atoms with Crippen molar-refractivity contribution in [2.45, 2.75) is 18.2 Å². The molecule has 0 aliphatic heterocycles. The smallest absolute Gasteiger partial charge is 0.193 e. The fourth-order valence-corrected chi connectivity index (χ4v) is 1.73. The van der Waals surface area contributed by atoms with E-state index >= 15 is 0 Å². The lowest BCUT2D eigenvalue weighted by atomic mass is 10.4. The Kier molecular flexibility index (Phi) is 3.63. The predicted molar refractivity (Wildman–Crippen MR) is 52.6 cm³/mol. The van der Waals surface area contributed by atoms with Crippen LogP contribution in [0.2, 0.25) is 5.02 Å². The number of halogens is 1. The van der Waals surface area contributed by atoms with Gasteiger partial charge < -0.3 is 0 Å². The molecule has 1 nitrogen and oxygen atoms in total. The summed E-state index contributed by atoms with van der Waals surface area (Å²) in [7, 11) is 0. The molecular weight excluding hydrogens is 192 g/mol. The van der Waals surface area contributed by atoms with E-state index in [1.165, 1.54) is 11.8 Å². The highest BCUT2D eigenvalue weighted by Gasteiger charge is 2.01. The lowest BCUT2D eigenvalue weighted by Crippen LogP contribution is -1.86. The Labute approximate surface area is 81.1 Å². The van der Waals surface area contributed by atoms with Crippen LogP contribution in [0.25, 0.3) is 0 Å². The van der Waals surface area contributed by atoms with Crippen molar-refractivity contribution in [3.8, 4) is 0 Å². The zero-order valence-electron chi connectivity index (χ0n) is 6.71. The van der Waals surface area contributed by atoms with Gasteiger partial charge in [-0.15, -0.1) is 0 Å². The van der Waals surface area contributed by atoms with Crippen molar-refractivity contribution in [3.63, 3.8) is 0 Å².